The van der Waals surface area contributed by atoms with Crippen LogP contribution in [0.1, 0.15) is 52.7 Å². The first kappa shape index (κ1) is 19.6. The van der Waals surface area contributed by atoms with Crippen LogP contribution in [0.4, 0.5) is 0 Å². The predicted molar refractivity (Wildman–Crippen MR) is 115 cm³/mol. The molecule has 29 heavy (non-hydrogen) atoms. The third-order valence-corrected chi connectivity index (χ3v) is 6.56. The largest absolute Gasteiger partial charge is 0.497 e. The van der Waals surface area contributed by atoms with Crippen LogP contribution in [-0.4, -0.2) is 34.4 Å². The maximum Gasteiger partial charge on any atom is 0.266 e. The third kappa shape index (κ3) is 4.17. The molecule has 1 fully saturated rings. The zero-order valence-electron chi connectivity index (χ0n) is 16.8. The molecular formula is C23H25N3O2S. The number of hydrogen-bond acceptors (Lipinski definition) is 5. The molecule has 5 nitrogen and oxygen atoms in total. The maximum absolute atomic E-state index is 13.6. The lowest BCUT2D eigenvalue weighted by molar-refractivity contribution is 0.0685. The molecule has 0 saturated carbocycles. The quantitative estimate of drug-likeness (QED) is 0.590. The second-order valence-corrected chi connectivity index (χ2v) is 8.28. The number of pyridine rings is 1. The van der Waals surface area contributed by atoms with Gasteiger partial charge in [-0.3, -0.25) is 9.78 Å². The number of aryl methyl sites for hydroxylation is 1. The number of aromatic nitrogens is 2. The van der Waals surface area contributed by atoms with Gasteiger partial charge in [0.2, 0.25) is 0 Å². The maximum atomic E-state index is 13.6. The number of amides is 1. The Balaban J connectivity index is 1.65. The zero-order valence-corrected chi connectivity index (χ0v) is 17.6. The van der Waals surface area contributed by atoms with Crippen LogP contribution >= 0.6 is 11.3 Å². The van der Waals surface area contributed by atoms with Crippen LogP contribution in [0, 0.1) is 6.92 Å². The normalized spacial score (nSPS) is 17.0. The summed E-state index contributed by atoms with van der Waals surface area (Å²) >= 11 is 1.44. The molecule has 0 aliphatic carbocycles. The fourth-order valence-electron chi connectivity index (χ4n) is 3.85. The lowest BCUT2D eigenvalue weighted by Crippen LogP contribution is -2.34. The van der Waals surface area contributed by atoms with E-state index in [0.29, 0.717) is 4.88 Å². The summed E-state index contributed by atoms with van der Waals surface area (Å²) in [6, 6.07) is 13.9. The predicted octanol–water partition coefficient (Wildman–Crippen LogP) is 5.28. The molecule has 6 heteroatoms. The molecule has 0 N–H and O–H groups in total. The number of likely N-dealkylation sites (tertiary alicyclic amines) is 1. The van der Waals surface area contributed by atoms with E-state index in [0.717, 1.165) is 59.9 Å². The molecule has 0 radical (unpaired) electrons. The number of hydrogen-bond donors (Lipinski definition) is 0. The highest BCUT2D eigenvalue weighted by molar-refractivity contribution is 7.17. The van der Waals surface area contributed by atoms with Crippen molar-refractivity contribution in [3.8, 4) is 16.5 Å². The summed E-state index contributed by atoms with van der Waals surface area (Å²) in [6.07, 6.45) is 6.03. The SMILES string of the molecule is COc1ccc([C@@H]2CCCCCN2C(=O)c2sc(-c3ccccn3)nc2C)cc1. The monoisotopic (exact) mass is 407 g/mol. The van der Waals surface area contributed by atoms with Gasteiger partial charge in [-0.15, -0.1) is 11.3 Å². The van der Waals surface area contributed by atoms with Crippen LogP contribution in [0.15, 0.2) is 48.7 Å². The molecule has 1 atom stereocenters. The Morgan fingerprint density at radius 2 is 1.97 bits per heavy atom. The summed E-state index contributed by atoms with van der Waals surface area (Å²) in [6.45, 7) is 2.68. The van der Waals surface area contributed by atoms with Crippen molar-refractivity contribution in [2.75, 3.05) is 13.7 Å². The molecule has 1 amide bonds. The van der Waals surface area contributed by atoms with Gasteiger partial charge in [0.1, 0.15) is 15.6 Å². The molecule has 150 valence electrons. The third-order valence-electron chi connectivity index (χ3n) is 5.39. The van der Waals surface area contributed by atoms with Crippen LogP contribution in [0.3, 0.4) is 0 Å². The van der Waals surface area contributed by atoms with Gasteiger partial charge in [-0.05, 0) is 49.6 Å². The van der Waals surface area contributed by atoms with Crippen molar-refractivity contribution >= 4 is 17.2 Å². The fourth-order valence-corrected chi connectivity index (χ4v) is 4.85. The lowest BCUT2D eigenvalue weighted by atomic mass is 10.0. The van der Waals surface area contributed by atoms with Crippen LogP contribution in [0.25, 0.3) is 10.7 Å². The molecular weight excluding hydrogens is 382 g/mol. The van der Waals surface area contributed by atoms with Crippen molar-refractivity contribution in [3.63, 3.8) is 0 Å². The molecule has 3 aromatic rings. The van der Waals surface area contributed by atoms with Gasteiger partial charge in [0, 0.05) is 12.7 Å². The van der Waals surface area contributed by atoms with E-state index >= 15 is 0 Å². The van der Waals surface area contributed by atoms with Crippen LogP contribution in [-0.2, 0) is 0 Å². The summed E-state index contributed by atoms with van der Waals surface area (Å²) in [7, 11) is 1.67. The van der Waals surface area contributed by atoms with Gasteiger partial charge in [-0.25, -0.2) is 4.98 Å². The van der Waals surface area contributed by atoms with Crippen molar-refractivity contribution in [2.24, 2.45) is 0 Å². The Labute approximate surface area is 175 Å². The topological polar surface area (TPSA) is 55.3 Å². The zero-order chi connectivity index (χ0) is 20.2. The molecule has 1 aliphatic rings. The van der Waals surface area contributed by atoms with Gasteiger partial charge in [0.25, 0.3) is 5.91 Å². The number of thiazole rings is 1. The van der Waals surface area contributed by atoms with E-state index < -0.39 is 0 Å². The van der Waals surface area contributed by atoms with Crippen molar-refractivity contribution in [1.29, 1.82) is 0 Å². The second kappa shape index (κ2) is 8.74. The molecule has 0 unspecified atom stereocenters. The van der Waals surface area contributed by atoms with Gasteiger partial charge in [-0.2, -0.15) is 0 Å². The average Bonchev–Trinajstić information content (AvgIpc) is 2.99. The first-order valence-electron chi connectivity index (χ1n) is 10.0. The second-order valence-electron chi connectivity index (χ2n) is 7.29. The Hall–Kier alpha value is -2.73. The Bertz CT molecular complexity index is 970. The number of methoxy groups -OCH3 is 1. The number of nitrogens with zero attached hydrogens (tertiary/aromatic N) is 3. The first-order valence-corrected chi connectivity index (χ1v) is 10.8. The van der Waals surface area contributed by atoms with Crippen molar-refractivity contribution in [2.45, 2.75) is 38.6 Å². The number of carbonyl (C=O) groups excluding carboxylic acids is 1. The first-order chi connectivity index (χ1) is 14.2. The summed E-state index contributed by atoms with van der Waals surface area (Å²) in [5.41, 5.74) is 2.74. The fraction of sp³-hybridized carbons (Fsp3) is 0.348. The van der Waals surface area contributed by atoms with E-state index in [2.05, 4.69) is 22.1 Å². The van der Waals surface area contributed by atoms with Gasteiger partial charge in [0.15, 0.2) is 0 Å². The molecule has 1 aromatic carbocycles. The molecule has 0 spiro atoms. The molecule has 4 rings (SSSR count). The highest BCUT2D eigenvalue weighted by Gasteiger charge is 2.30. The van der Waals surface area contributed by atoms with Crippen LogP contribution < -0.4 is 4.74 Å². The van der Waals surface area contributed by atoms with Gasteiger partial charge in [0.05, 0.1) is 24.5 Å². The molecule has 3 heterocycles. The summed E-state index contributed by atoms with van der Waals surface area (Å²) < 4.78 is 5.29. The number of rotatable bonds is 4. The molecule has 2 aromatic heterocycles. The highest BCUT2D eigenvalue weighted by atomic mass is 32.1. The number of ether oxygens (including phenoxy) is 1. The van der Waals surface area contributed by atoms with Gasteiger partial charge < -0.3 is 9.64 Å². The van der Waals surface area contributed by atoms with E-state index in [1.54, 1.807) is 13.3 Å². The number of carbonyl (C=O) groups is 1. The molecule has 0 bridgehead atoms. The Kier molecular flexibility index (Phi) is 5.90. The molecule has 1 aliphatic heterocycles. The minimum Gasteiger partial charge on any atom is -0.497 e. The number of benzene rings is 1. The van der Waals surface area contributed by atoms with Crippen LogP contribution in [0.2, 0.25) is 0 Å². The van der Waals surface area contributed by atoms with Crippen molar-refractivity contribution in [3.05, 3.63) is 64.8 Å². The lowest BCUT2D eigenvalue weighted by Gasteiger charge is -2.30. The Morgan fingerprint density at radius 1 is 1.14 bits per heavy atom. The minimum absolute atomic E-state index is 0.0740. The molecule has 1 saturated heterocycles. The van der Waals surface area contributed by atoms with Gasteiger partial charge in [-0.1, -0.05) is 31.0 Å². The summed E-state index contributed by atoms with van der Waals surface area (Å²) in [4.78, 5) is 25.3. The van der Waals surface area contributed by atoms with E-state index in [9.17, 15) is 4.79 Å². The van der Waals surface area contributed by atoms with E-state index in [-0.39, 0.29) is 11.9 Å². The van der Waals surface area contributed by atoms with E-state index in [1.165, 1.54) is 11.3 Å². The smallest absolute Gasteiger partial charge is 0.266 e. The highest BCUT2D eigenvalue weighted by Crippen LogP contribution is 2.35. The Morgan fingerprint density at radius 3 is 2.69 bits per heavy atom. The summed E-state index contributed by atoms with van der Waals surface area (Å²) in [5.74, 6) is 0.906. The van der Waals surface area contributed by atoms with Gasteiger partial charge >= 0.3 is 0 Å². The standard InChI is InChI=1S/C23H25N3O2S/c1-16-21(29-22(25-16)19-8-5-6-14-24-19)23(27)26-15-7-3-4-9-20(26)17-10-12-18(28-2)13-11-17/h5-6,8,10-14,20H,3-4,7,9,15H2,1-2H3/t20-/m0/s1. The van der Waals surface area contributed by atoms with E-state index in [4.69, 9.17) is 4.74 Å². The van der Waals surface area contributed by atoms with Crippen molar-refractivity contribution in [1.82, 2.24) is 14.9 Å². The van der Waals surface area contributed by atoms with E-state index in [1.807, 2.05) is 42.2 Å². The summed E-state index contributed by atoms with van der Waals surface area (Å²) in [5, 5.41) is 0.794. The van der Waals surface area contributed by atoms with Crippen LogP contribution in [0.5, 0.6) is 5.75 Å². The van der Waals surface area contributed by atoms with Crippen molar-refractivity contribution < 1.29 is 9.53 Å². The minimum atomic E-state index is 0.0740. The average molecular weight is 408 g/mol.